The van der Waals surface area contributed by atoms with Gasteiger partial charge in [0, 0.05) is 17.1 Å². The summed E-state index contributed by atoms with van der Waals surface area (Å²) in [5.74, 6) is -0.394. The highest BCUT2D eigenvalue weighted by Gasteiger charge is 2.06. The summed E-state index contributed by atoms with van der Waals surface area (Å²) in [5, 5.41) is 10.4. The Balaban J connectivity index is 2.30. The molecule has 16 heavy (non-hydrogen) atoms. The van der Waals surface area contributed by atoms with Crippen LogP contribution in [0.2, 0.25) is 0 Å². The van der Waals surface area contributed by atoms with Crippen LogP contribution in [0.1, 0.15) is 4.88 Å². The van der Waals surface area contributed by atoms with Gasteiger partial charge in [0.15, 0.2) is 0 Å². The van der Waals surface area contributed by atoms with E-state index in [4.69, 9.17) is 5.11 Å². The number of halogens is 1. The zero-order chi connectivity index (χ0) is 11.4. The molecule has 2 nitrogen and oxygen atoms in total. The van der Waals surface area contributed by atoms with Crippen molar-refractivity contribution in [1.29, 1.82) is 0 Å². The van der Waals surface area contributed by atoms with E-state index in [-0.39, 0.29) is 6.61 Å². The Morgan fingerprint density at radius 3 is 3.06 bits per heavy atom. The van der Waals surface area contributed by atoms with Crippen molar-refractivity contribution in [2.45, 2.75) is 0 Å². The van der Waals surface area contributed by atoms with Crippen molar-refractivity contribution in [2.75, 3.05) is 6.61 Å². The molecule has 2 heterocycles. The lowest BCUT2D eigenvalue weighted by atomic mass is 10.2. The van der Waals surface area contributed by atoms with Crippen molar-refractivity contribution in [3.8, 4) is 11.3 Å². The maximum absolute atomic E-state index is 13.4. The van der Waals surface area contributed by atoms with E-state index in [1.165, 1.54) is 11.3 Å². The molecule has 0 bridgehead atoms. The molecular formula is C12H10FNOS. The lowest BCUT2D eigenvalue weighted by Crippen LogP contribution is -1.78. The molecule has 0 aliphatic heterocycles. The lowest BCUT2D eigenvalue weighted by Gasteiger charge is -1.94. The molecule has 0 aromatic carbocycles. The molecule has 0 aliphatic rings. The first-order valence-electron chi connectivity index (χ1n) is 4.78. The Morgan fingerprint density at radius 1 is 1.50 bits per heavy atom. The second kappa shape index (κ2) is 5.01. The van der Waals surface area contributed by atoms with Gasteiger partial charge in [-0.05, 0) is 24.3 Å². The van der Waals surface area contributed by atoms with Crippen LogP contribution >= 0.6 is 11.3 Å². The third-order valence-electron chi connectivity index (χ3n) is 2.07. The molecule has 4 heteroatoms. The molecular weight excluding hydrogens is 225 g/mol. The largest absolute Gasteiger partial charge is 0.392 e. The standard InChI is InChI=1S/C12H10FNOS/c13-10(4-6-15)12-7-9(8-16-12)11-3-1-2-5-14-11/h1-5,7-8,15H,6H2/b10-4+. The molecule has 0 aliphatic carbocycles. The van der Waals surface area contributed by atoms with Crippen molar-refractivity contribution in [1.82, 2.24) is 4.98 Å². The van der Waals surface area contributed by atoms with Crippen LogP contribution in [0.5, 0.6) is 0 Å². The summed E-state index contributed by atoms with van der Waals surface area (Å²) in [4.78, 5) is 4.69. The smallest absolute Gasteiger partial charge is 0.138 e. The first kappa shape index (κ1) is 11.0. The molecule has 2 aromatic heterocycles. The molecule has 2 rings (SSSR count). The Labute approximate surface area is 96.7 Å². The van der Waals surface area contributed by atoms with E-state index >= 15 is 0 Å². The summed E-state index contributed by atoms with van der Waals surface area (Å²) < 4.78 is 13.4. The van der Waals surface area contributed by atoms with Gasteiger partial charge in [0.2, 0.25) is 0 Å². The van der Waals surface area contributed by atoms with Gasteiger partial charge < -0.3 is 5.11 Å². The normalized spacial score (nSPS) is 11.8. The Bertz CT molecular complexity index is 493. The monoisotopic (exact) mass is 235 g/mol. The number of aromatic nitrogens is 1. The fraction of sp³-hybridized carbons (Fsp3) is 0.0833. The third kappa shape index (κ3) is 2.35. The number of thiophene rings is 1. The highest BCUT2D eigenvalue weighted by Crippen LogP contribution is 2.29. The second-order valence-electron chi connectivity index (χ2n) is 3.15. The molecule has 0 radical (unpaired) electrons. The van der Waals surface area contributed by atoms with Gasteiger partial charge in [0.05, 0.1) is 17.2 Å². The lowest BCUT2D eigenvalue weighted by molar-refractivity contribution is 0.342. The predicted molar refractivity (Wildman–Crippen MR) is 63.7 cm³/mol. The molecule has 82 valence electrons. The van der Waals surface area contributed by atoms with Gasteiger partial charge in [-0.15, -0.1) is 11.3 Å². The average molecular weight is 235 g/mol. The molecule has 0 atom stereocenters. The van der Waals surface area contributed by atoms with Crippen LogP contribution in [-0.4, -0.2) is 16.7 Å². The van der Waals surface area contributed by atoms with Crippen molar-refractivity contribution in [3.63, 3.8) is 0 Å². The first-order chi connectivity index (χ1) is 7.81. The zero-order valence-electron chi connectivity index (χ0n) is 8.43. The van der Waals surface area contributed by atoms with Crippen molar-refractivity contribution >= 4 is 17.2 Å². The Morgan fingerprint density at radius 2 is 2.38 bits per heavy atom. The highest BCUT2D eigenvalue weighted by atomic mass is 32.1. The van der Waals surface area contributed by atoms with Gasteiger partial charge in [-0.25, -0.2) is 4.39 Å². The zero-order valence-corrected chi connectivity index (χ0v) is 9.25. The predicted octanol–water partition coefficient (Wildman–Crippen LogP) is 3.11. The van der Waals surface area contributed by atoms with E-state index in [2.05, 4.69) is 4.98 Å². The number of aliphatic hydroxyl groups is 1. The SMILES string of the molecule is OC/C=C(/F)c1cc(-c2ccccn2)cs1. The summed E-state index contributed by atoms with van der Waals surface area (Å²) in [6, 6.07) is 7.33. The number of hydrogen-bond acceptors (Lipinski definition) is 3. The Kier molecular flexibility index (Phi) is 3.44. The summed E-state index contributed by atoms with van der Waals surface area (Å²) >= 11 is 1.30. The van der Waals surface area contributed by atoms with Crippen LogP contribution in [0.25, 0.3) is 17.1 Å². The first-order valence-corrected chi connectivity index (χ1v) is 5.66. The van der Waals surface area contributed by atoms with Crippen LogP contribution < -0.4 is 0 Å². The highest BCUT2D eigenvalue weighted by molar-refractivity contribution is 7.11. The minimum atomic E-state index is -0.394. The van der Waals surface area contributed by atoms with Crippen LogP contribution in [0.4, 0.5) is 4.39 Å². The van der Waals surface area contributed by atoms with E-state index in [9.17, 15) is 4.39 Å². The summed E-state index contributed by atoms with van der Waals surface area (Å²) in [6.07, 6.45) is 2.85. The molecule has 0 spiro atoms. The van der Waals surface area contributed by atoms with Crippen molar-refractivity contribution in [3.05, 3.63) is 46.8 Å². The number of aliphatic hydroxyl groups excluding tert-OH is 1. The van der Waals surface area contributed by atoms with Crippen LogP contribution in [0, 0.1) is 0 Å². The maximum Gasteiger partial charge on any atom is 0.138 e. The van der Waals surface area contributed by atoms with Gasteiger partial charge in [-0.1, -0.05) is 6.07 Å². The summed E-state index contributed by atoms with van der Waals surface area (Å²) in [5.41, 5.74) is 1.71. The molecule has 0 amide bonds. The van der Waals surface area contributed by atoms with Gasteiger partial charge in [-0.3, -0.25) is 4.98 Å². The minimum absolute atomic E-state index is 0.289. The average Bonchev–Trinajstić information content (AvgIpc) is 2.80. The molecule has 0 fully saturated rings. The second-order valence-corrected chi connectivity index (χ2v) is 4.06. The van der Waals surface area contributed by atoms with E-state index < -0.39 is 5.83 Å². The van der Waals surface area contributed by atoms with Gasteiger partial charge >= 0.3 is 0 Å². The quantitative estimate of drug-likeness (QED) is 0.886. The van der Waals surface area contributed by atoms with E-state index in [1.807, 2.05) is 23.6 Å². The number of rotatable bonds is 3. The van der Waals surface area contributed by atoms with Gasteiger partial charge in [0.25, 0.3) is 0 Å². The molecule has 1 N–H and O–H groups in total. The van der Waals surface area contributed by atoms with Gasteiger partial charge in [0.1, 0.15) is 5.83 Å². The van der Waals surface area contributed by atoms with E-state index in [0.29, 0.717) is 4.88 Å². The van der Waals surface area contributed by atoms with E-state index in [0.717, 1.165) is 17.3 Å². The number of nitrogens with zero attached hydrogens (tertiary/aromatic N) is 1. The molecule has 0 unspecified atom stereocenters. The minimum Gasteiger partial charge on any atom is -0.392 e. The summed E-state index contributed by atoms with van der Waals surface area (Å²) in [6.45, 7) is -0.289. The molecule has 0 saturated heterocycles. The number of hydrogen-bond donors (Lipinski definition) is 1. The molecule has 2 aromatic rings. The fourth-order valence-electron chi connectivity index (χ4n) is 1.31. The topological polar surface area (TPSA) is 33.1 Å². The molecule has 0 saturated carbocycles. The van der Waals surface area contributed by atoms with Gasteiger partial charge in [-0.2, -0.15) is 0 Å². The third-order valence-corrected chi connectivity index (χ3v) is 3.00. The summed E-state index contributed by atoms with van der Waals surface area (Å²) in [7, 11) is 0. The van der Waals surface area contributed by atoms with Crippen LogP contribution in [0.15, 0.2) is 41.9 Å². The fourth-order valence-corrected chi connectivity index (χ4v) is 2.14. The number of pyridine rings is 1. The van der Waals surface area contributed by atoms with E-state index in [1.54, 1.807) is 12.3 Å². The van der Waals surface area contributed by atoms with Crippen LogP contribution in [-0.2, 0) is 0 Å². The Hall–Kier alpha value is -1.52. The van der Waals surface area contributed by atoms with Crippen molar-refractivity contribution in [2.24, 2.45) is 0 Å². The van der Waals surface area contributed by atoms with Crippen LogP contribution in [0.3, 0.4) is 0 Å². The van der Waals surface area contributed by atoms with Crippen molar-refractivity contribution < 1.29 is 9.50 Å². The maximum atomic E-state index is 13.4.